The summed E-state index contributed by atoms with van der Waals surface area (Å²) in [5.41, 5.74) is 0.239. The molecular weight excluding hydrogens is 287 g/mol. The van der Waals surface area contributed by atoms with Crippen LogP contribution in [-0.2, 0) is 9.59 Å². The van der Waals surface area contributed by atoms with Gasteiger partial charge < -0.3 is 10.2 Å². The molecule has 22 heavy (non-hydrogen) atoms. The van der Waals surface area contributed by atoms with Gasteiger partial charge in [-0.2, -0.15) is 0 Å². The predicted molar refractivity (Wildman–Crippen MR) is 86.5 cm³/mol. The van der Waals surface area contributed by atoms with E-state index < -0.39 is 17.8 Å². The fourth-order valence-corrected chi connectivity index (χ4v) is 1.49. The molecule has 0 saturated carbocycles. The molecule has 5 heteroatoms. The normalized spacial score (nSPS) is 12.1. The first-order valence-corrected chi connectivity index (χ1v) is 7.72. The van der Waals surface area contributed by atoms with E-state index in [-0.39, 0.29) is 12.0 Å². The van der Waals surface area contributed by atoms with E-state index in [0.717, 1.165) is 19.3 Å². The van der Waals surface area contributed by atoms with E-state index in [0.29, 0.717) is 5.57 Å². The van der Waals surface area contributed by atoms with Crippen molar-refractivity contribution in [2.45, 2.75) is 72.6 Å². The number of unbranched alkanes of at least 4 members (excludes halogenated alkanes) is 5. The van der Waals surface area contributed by atoms with Crippen molar-refractivity contribution >= 4 is 11.9 Å². The molecule has 0 heterocycles. The number of hydrogen-bond acceptors (Lipinski definition) is 2. The zero-order valence-electron chi connectivity index (χ0n) is 14.1. The molecule has 0 atom stereocenters. The van der Waals surface area contributed by atoms with Gasteiger partial charge in [-0.1, -0.05) is 45.1 Å². The highest BCUT2D eigenvalue weighted by molar-refractivity contribution is 5.86. The van der Waals surface area contributed by atoms with Crippen LogP contribution in [0.4, 0.5) is 4.39 Å². The maximum atomic E-state index is 13.1. The molecule has 0 rings (SSSR count). The molecule has 0 aliphatic rings. The molecule has 0 unspecified atom stereocenters. The monoisotopic (exact) mass is 316 g/mol. The van der Waals surface area contributed by atoms with Crippen LogP contribution in [0.5, 0.6) is 0 Å². The molecule has 0 aliphatic carbocycles. The molecule has 0 bridgehead atoms. The molecule has 0 fully saturated rings. The van der Waals surface area contributed by atoms with Crippen LogP contribution < -0.4 is 0 Å². The lowest BCUT2D eigenvalue weighted by Gasteiger charge is -2.01. The van der Waals surface area contributed by atoms with Crippen molar-refractivity contribution in [2.75, 3.05) is 0 Å². The van der Waals surface area contributed by atoms with Gasteiger partial charge in [0.2, 0.25) is 0 Å². The van der Waals surface area contributed by atoms with Crippen LogP contribution in [0.3, 0.4) is 0 Å². The largest absolute Gasteiger partial charge is 0.478 e. The molecule has 0 aromatic heterocycles. The highest BCUT2D eigenvalue weighted by atomic mass is 19.1. The zero-order valence-corrected chi connectivity index (χ0v) is 14.1. The minimum Gasteiger partial charge on any atom is -0.478 e. The van der Waals surface area contributed by atoms with Crippen LogP contribution in [0.25, 0.3) is 0 Å². The van der Waals surface area contributed by atoms with Crippen LogP contribution in [0.2, 0.25) is 0 Å². The van der Waals surface area contributed by atoms with Gasteiger partial charge >= 0.3 is 11.9 Å². The molecular formula is C17H29FO4. The van der Waals surface area contributed by atoms with E-state index in [1.165, 1.54) is 26.2 Å². The quantitative estimate of drug-likeness (QED) is 0.458. The Bertz CT molecular complexity index is 397. The van der Waals surface area contributed by atoms with Crippen molar-refractivity contribution in [3.8, 4) is 0 Å². The minimum absolute atomic E-state index is 0.149. The summed E-state index contributed by atoms with van der Waals surface area (Å²) >= 11 is 0. The zero-order chi connectivity index (χ0) is 17.5. The Kier molecular flexibility index (Phi) is 14.7. The van der Waals surface area contributed by atoms with E-state index in [1.54, 1.807) is 19.9 Å². The Morgan fingerprint density at radius 3 is 1.82 bits per heavy atom. The summed E-state index contributed by atoms with van der Waals surface area (Å²) < 4.78 is 13.1. The summed E-state index contributed by atoms with van der Waals surface area (Å²) in [6.07, 6.45) is 8.30. The van der Waals surface area contributed by atoms with Gasteiger partial charge in [-0.15, -0.1) is 0 Å². The number of halogens is 1. The van der Waals surface area contributed by atoms with Gasteiger partial charge in [0.1, 0.15) is 5.83 Å². The van der Waals surface area contributed by atoms with Gasteiger partial charge in [-0.3, -0.25) is 0 Å². The van der Waals surface area contributed by atoms with Crippen molar-refractivity contribution < 1.29 is 24.2 Å². The first-order chi connectivity index (χ1) is 10.3. The van der Waals surface area contributed by atoms with Gasteiger partial charge in [0.25, 0.3) is 0 Å². The Morgan fingerprint density at radius 2 is 1.45 bits per heavy atom. The third-order valence-corrected chi connectivity index (χ3v) is 3.25. The number of hydrogen-bond donors (Lipinski definition) is 2. The first-order valence-electron chi connectivity index (χ1n) is 7.72. The lowest BCUT2D eigenvalue weighted by atomic mass is 10.1. The van der Waals surface area contributed by atoms with Crippen LogP contribution in [0.15, 0.2) is 23.0 Å². The van der Waals surface area contributed by atoms with E-state index in [9.17, 15) is 14.0 Å². The Labute approximate surface area is 132 Å². The molecule has 4 nitrogen and oxygen atoms in total. The second-order valence-electron chi connectivity index (χ2n) is 5.13. The molecule has 0 aromatic rings. The van der Waals surface area contributed by atoms with Crippen LogP contribution in [0, 0.1) is 0 Å². The molecule has 0 saturated heterocycles. The van der Waals surface area contributed by atoms with Gasteiger partial charge in [0.05, 0.1) is 5.57 Å². The number of rotatable bonds is 9. The van der Waals surface area contributed by atoms with E-state index in [1.807, 2.05) is 0 Å². The molecule has 0 aromatic carbocycles. The van der Waals surface area contributed by atoms with Crippen LogP contribution >= 0.6 is 0 Å². The van der Waals surface area contributed by atoms with Crippen molar-refractivity contribution in [3.63, 3.8) is 0 Å². The third-order valence-electron chi connectivity index (χ3n) is 3.25. The third kappa shape index (κ3) is 13.3. The second-order valence-corrected chi connectivity index (χ2v) is 5.13. The van der Waals surface area contributed by atoms with Gasteiger partial charge in [-0.05, 0) is 33.6 Å². The number of carboxylic acid groups (broad SMARTS) is 2. The fraction of sp³-hybridized carbons (Fsp3) is 0.647. The molecule has 2 N–H and O–H groups in total. The lowest BCUT2D eigenvalue weighted by molar-refractivity contribution is -0.133. The SMILES string of the molecule is C/C=C(\C)C(=O)O.CCCCCCCC/C(F)=C(/C)C(=O)O. The van der Waals surface area contributed by atoms with Crippen molar-refractivity contribution in [2.24, 2.45) is 0 Å². The molecule has 0 radical (unpaired) electrons. The van der Waals surface area contributed by atoms with Gasteiger partial charge in [0.15, 0.2) is 0 Å². The van der Waals surface area contributed by atoms with E-state index in [4.69, 9.17) is 10.2 Å². The maximum Gasteiger partial charge on any atom is 0.333 e. The summed E-state index contributed by atoms with van der Waals surface area (Å²) in [6.45, 7) is 6.72. The Morgan fingerprint density at radius 1 is 0.955 bits per heavy atom. The van der Waals surface area contributed by atoms with Crippen molar-refractivity contribution in [1.82, 2.24) is 0 Å². The summed E-state index contributed by atoms with van der Waals surface area (Å²) in [5, 5.41) is 16.6. The molecule has 0 aliphatic heterocycles. The lowest BCUT2D eigenvalue weighted by Crippen LogP contribution is -1.98. The first kappa shape index (κ1) is 22.6. The Balaban J connectivity index is 0. The average molecular weight is 316 g/mol. The maximum absolute atomic E-state index is 13.1. The number of allylic oxidation sites excluding steroid dienone is 2. The summed E-state index contributed by atoms with van der Waals surface area (Å²) in [5.74, 6) is -2.47. The molecule has 128 valence electrons. The summed E-state index contributed by atoms with van der Waals surface area (Å²) in [7, 11) is 0. The number of carboxylic acids is 2. The number of carbonyl (C=O) groups is 2. The van der Waals surface area contributed by atoms with Gasteiger partial charge in [-0.25, -0.2) is 14.0 Å². The van der Waals surface area contributed by atoms with E-state index in [2.05, 4.69) is 6.92 Å². The summed E-state index contributed by atoms with van der Waals surface area (Å²) in [4.78, 5) is 20.3. The van der Waals surface area contributed by atoms with Crippen LogP contribution in [-0.4, -0.2) is 22.2 Å². The van der Waals surface area contributed by atoms with Crippen LogP contribution in [0.1, 0.15) is 72.6 Å². The standard InChI is InChI=1S/C12H21FO2.C5H8O2/c1-3-4-5-6-7-8-9-11(13)10(2)12(14)15;1-3-4(2)5(6)7/h3-9H2,1-2H3,(H,14,15);3H,1-2H3,(H,6,7)/b11-10+;4-3+. The van der Waals surface area contributed by atoms with Crippen molar-refractivity contribution in [1.29, 1.82) is 0 Å². The highest BCUT2D eigenvalue weighted by Crippen LogP contribution is 2.16. The van der Waals surface area contributed by atoms with Gasteiger partial charge in [0, 0.05) is 5.57 Å². The minimum atomic E-state index is -1.15. The Hall–Kier alpha value is -1.65. The van der Waals surface area contributed by atoms with Crippen molar-refractivity contribution in [3.05, 3.63) is 23.0 Å². The topological polar surface area (TPSA) is 74.6 Å². The fourth-order valence-electron chi connectivity index (χ4n) is 1.49. The van der Waals surface area contributed by atoms with E-state index >= 15 is 0 Å². The number of aliphatic carboxylic acids is 2. The predicted octanol–water partition coefficient (Wildman–Crippen LogP) is 5.10. The molecule has 0 spiro atoms. The average Bonchev–Trinajstić information content (AvgIpc) is 2.49. The molecule has 0 amide bonds. The summed E-state index contributed by atoms with van der Waals surface area (Å²) in [6, 6.07) is 0. The highest BCUT2D eigenvalue weighted by Gasteiger charge is 2.08. The smallest absolute Gasteiger partial charge is 0.333 e. The second kappa shape index (κ2) is 14.3.